The van der Waals surface area contributed by atoms with Crippen LogP contribution in [0, 0.1) is 5.92 Å². The smallest absolute Gasteiger partial charge is 0.225 e. The number of amides is 1. The minimum atomic E-state index is 0.117. The first-order valence-corrected chi connectivity index (χ1v) is 10.2. The number of nitrogens with zero attached hydrogens (tertiary/aromatic N) is 4. The van der Waals surface area contributed by atoms with Gasteiger partial charge in [0.15, 0.2) is 5.96 Å². The molecule has 154 valence electrons. The highest BCUT2D eigenvalue weighted by Crippen LogP contribution is 2.20. The van der Waals surface area contributed by atoms with Gasteiger partial charge in [-0.25, -0.2) is 4.99 Å². The number of hydrogen-bond donors (Lipinski definition) is 1. The van der Waals surface area contributed by atoms with Crippen molar-refractivity contribution in [3.8, 4) is 5.75 Å². The van der Waals surface area contributed by atoms with Crippen molar-refractivity contribution in [2.75, 3.05) is 59.1 Å². The Morgan fingerprint density at radius 3 is 2.75 bits per heavy atom. The molecule has 0 bridgehead atoms. The molecule has 0 spiro atoms. The lowest BCUT2D eigenvalue weighted by atomic mass is 9.95. The van der Waals surface area contributed by atoms with E-state index in [9.17, 15) is 4.79 Å². The number of likely N-dealkylation sites (tertiary alicyclic amines) is 1. The summed E-state index contributed by atoms with van der Waals surface area (Å²) in [5, 5.41) is 3.35. The van der Waals surface area contributed by atoms with Gasteiger partial charge in [0.1, 0.15) is 12.4 Å². The highest BCUT2D eigenvalue weighted by Gasteiger charge is 2.30. The van der Waals surface area contributed by atoms with Crippen LogP contribution in [0.15, 0.2) is 29.5 Å². The van der Waals surface area contributed by atoms with Crippen molar-refractivity contribution in [2.24, 2.45) is 10.9 Å². The number of pyridine rings is 1. The van der Waals surface area contributed by atoms with Gasteiger partial charge in [-0.05, 0) is 31.9 Å². The average molecular weight is 390 g/mol. The van der Waals surface area contributed by atoms with E-state index in [0.29, 0.717) is 26.4 Å². The lowest BCUT2D eigenvalue weighted by Crippen LogP contribution is -2.50. The normalized spacial score (nSPS) is 18.8. The van der Waals surface area contributed by atoms with Crippen LogP contribution in [0.2, 0.25) is 0 Å². The van der Waals surface area contributed by atoms with E-state index >= 15 is 0 Å². The van der Waals surface area contributed by atoms with Crippen LogP contribution in [-0.4, -0.2) is 85.7 Å². The largest absolute Gasteiger partial charge is 0.490 e. The first-order valence-electron chi connectivity index (χ1n) is 10.2. The summed E-state index contributed by atoms with van der Waals surface area (Å²) in [6.45, 7) is 8.40. The number of guanidine groups is 1. The van der Waals surface area contributed by atoms with E-state index in [-0.39, 0.29) is 11.8 Å². The molecule has 0 aliphatic carbocycles. The van der Waals surface area contributed by atoms with Crippen LogP contribution in [0.25, 0.3) is 0 Å². The number of ether oxygens (including phenoxy) is 2. The van der Waals surface area contributed by atoms with Gasteiger partial charge in [0.25, 0.3) is 0 Å². The quantitative estimate of drug-likeness (QED) is 0.444. The second-order valence-electron chi connectivity index (χ2n) is 6.97. The molecule has 8 nitrogen and oxygen atoms in total. The molecule has 2 saturated heterocycles. The molecule has 2 fully saturated rings. The van der Waals surface area contributed by atoms with E-state index in [1.165, 1.54) is 0 Å². The van der Waals surface area contributed by atoms with E-state index in [4.69, 9.17) is 9.47 Å². The van der Waals surface area contributed by atoms with Crippen LogP contribution in [0.1, 0.15) is 19.8 Å². The fourth-order valence-corrected chi connectivity index (χ4v) is 3.55. The Kier molecular flexibility index (Phi) is 7.90. The average Bonchev–Trinajstić information content (AvgIpc) is 2.77. The van der Waals surface area contributed by atoms with Crippen molar-refractivity contribution >= 4 is 11.9 Å². The van der Waals surface area contributed by atoms with Crippen molar-refractivity contribution in [3.05, 3.63) is 24.5 Å². The van der Waals surface area contributed by atoms with E-state index in [2.05, 4.69) is 27.1 Å². The van der Waals surface area contributed by atoms with Crippen LogP contribution in [0.5, 0.6) is 5.75 Å². The van der Waals surface area contributed by atoms with Gasteiger partial charge in [0, 0.05) is 44.8 Å². The monoisotopic (exact) mass is 389 g/mol. The molecule has 0 saturated carbocycles. The Bertz CT molecular complexity index is 626. The molecule has 0 atom stereocenters. The molecule has 2 aliphatic rings. The van der Waals surface area contributed by atoms with Crippen LogP contribution >= 0.6 is 0 Å². The van der Waals surface area contributed by atoms with E-state index < -0.39 is 0 Å². The zero-order valence-electron chi connectivity index (χ0n) is 16.7. The third-order valence-corrected chi connectivity index (χ3v) is 5.06. The zero-order valence-corrected chi connectivity index (χ0v) is 16.7. The summed E-state index contributed by atoms with van der Waals surface area (Å²) in [6.07, 6.45) is 5.16. The van der Waals surface area contributed by atoms with Crippen molar-refractivity contribution in [3.63, 3.8) is 0 Å². The number of hydrogen-bond acceptors (Lipinski definition) is 5. The zero-order chi connectivity index (χ0) is 19.6. The van der Waals surface area contributed by atoms with E-state index in [1.54, 1.807) is 12.4 Å². The number of morpholine rings is 1. The molecule has 0 radical (unpaired) electrons. The Balaban J connectivity index is 1.46. The van der Waals surface area contributed by atoms with Crippen molar-refractivity contribution < 1.29 is 14.3 Å². The molecule has 8 heteroatoms. The van der Waals surface area contributed by atoms with Gasteiger partial charge in [0.2, 0.25) is 5.91 Å². The third-order valence-electron chi connectivity index (χ3n) is 5.06. The summed E-state index contributed by atoms with van der Waals surface area (Å²) < 4.78 is 11.0. The molecule has 3 rings (SSSR count). The molecule has 1 amide bonds. The van der Waals surface area contributed by atoms with Gasteiger partial charge < -0.3 is 24.6 Å². The second kappa shape index (κ2) is 10.8. The topological polar surface area (TPSA) is 79.3 Å². The number of carbonyl (C=O) groups is 1. The van der Waals surface area contributed by atoms with Gasteiger partial charge in [-0.2, -0.15) is 0 Å². The highest BCUT2D eigenvalue weighted by molar-refractivity contribution is 5.81. The van der Waals surface area contributed by atoms with E-state index in [0.717, 1.165) is 57.3 Å². The molecular formula is C20H31N5O3. The summed E-state index contributed by atoms with van der Waals surface area (Å²) in [7, 11) is 0. The Morgan fingerprint density at radius 1 is 1.29 bits per heavy atom. The fourth-order valence-electron chi connectivity index (χ4n) is 3.55. The first kappa shape index (κ1) is 20.4. The van der Waals surface area contributed by atoms with Gasteiger partial charge in [-0.15, -0.1) is 0 Å². The van der Waals surface area contributed by atoms with Gasteiger partial charge in [-0.1, -0.05) is 0 Å². The molecular weight excluding hydrogens is 358 g/mol. The standard InChI is InChI=1S/C20H31N5O3/c1-2-22-20(23-8-13-28-18-4-3-7-21-16-18)25-9-5-17(6-10-25)19(26)24-11-14-27-15-12-24/h3-4,7,16-17H,2,5-6,8-15H2,1H3,(H,22,23). The maximum atomic E-state index is 12.7. The van der Waals surface area contributed by atoms with E-state index in [1.807, 2.05) is 17.0 Å². The lowest BCUT2D eigenvalue weighted by molar-refractivity contribution is -0.140. The van der Waals surface area contributed by atoms with Crippen molar-refractivity contribution in [1.82, 2.24) is 20.1 Å². The first-order chi connectivity index (χ1) is 13.8. The van der Waals surface area contributed by atoms with Gasteiger partial charge >= 0.3 is 0 Å². The number of carbonyl (C=O) groups excluding carboxylic acids is 1. The van der Waals surface area contributed by atoms with Gasteiger partial charge in [0.05, 0.1) is 26.0 Å². The van der Waals surface area contributed by atoms with Crippen LogP contribution < -0.4 is 10.1 Å². The Morgan fingerprint density at radius 2 is 2.07 bits per heavy atom. The molecule has 1 N–H and O–H groups in total. The summed E-state index contributed by atoms with van der Waals surface area (Å²) in [6, 6.07) is 3.74. The lowest BCUT2D eigenvalue weighted by Gasteiger charge is -2.36. The number of rotatable bonds is 6. The third kappa shape index (κ3) is 5.82. The van der Waals surface area contributed by atoms with Crippen molar-refractivity contribution in [1.29, 1.82) is 0 Å². The summed E-state index contributed by atoms with van der Waals surface area (Å²) >= 11 is 0. The predicted molar refractivity (Wildman–Crippen MR) is 107 cm³/mol. The molecule has 1 aromatic heterocycles. The number of piperidine rings is 1. The number of aliphatic imine (C=N–C) groups is 1. The predicted octanol–water partition coefficient (Wildman–Crippen LogP) is 0.997. The molecule has 2 aliphatic heterocycles. The highest BCUT2D eigenvalue weighted by atomic mass is 16.5. The second-order valence-corrected chi connectivity index (χ2v) is 6.97. The van der Waals surface area contributed by atoms with Crippen LogP contribution in [-0.2, 0) is 9.53 Å². The molecule has 0 unspecified atom stereocenters. The van der Waals surface area contributed by atoms with Crippen LogP contribution in [0.4, 0.5) is 0 Å². The summed E-state index contributed by atoms with van der Waals surface area (Å²) in [5.41, 5.74) is 0. The molecule has 28 heavy (non-hydrogen) atoms. The number of aromatic nitrogens is 1. The number of nitrogens with one attached hydrogen (secondary N) is 1. The SMILES string of the molecule is CCNC(=NCCOc1cccnc1)N1CCC(C(=O)N2CCOCC2)CC1. The maximum absolute atomic E-state index is 12.7. The maximum Gasteiger partial charge on any atom is 0.225 e. The van der Waals surface area contributed by atoms with Gasteiger partial charge in [-0.3, -0.25) is 9.78 Å². The van der Waals surface area contributed by atoms with Crippen molar-refractivity contribution in [2.45, 2.75) is 19.8 Å². The fraction of sp³-hybridized carbons (Fsp3) is 0.650. The Hall–Kier alpha value is -2.35. The van der Waals surface area contributed by atoms with Crippen LogP contribution in [0.3, 0.4) is 0 Å². The molecule has 3 heterocycles. The minimum absolute atomic E-state index is 0.117. The molecule has 0 aromatic carbocycles. The summed E-state index contributed by atoms with van der Waals surface area (Å²) in [5.74, 6) is 2.06. The Labute approximate surface area is 166 Å². The molecule has 1 aromatic rings. The summed E-state index contributed by atoms with van der Waals surface area (Å²) in [4.78, 5) is 25.6. The minimum Gasteiger partial charge on any atom is -0.490 e.